The topological polar surface area (TPSA) is 77.9 Å². The Morgan fingerprint density at radius 1 is 1.27 bits per heavy atom. The number of hydrogen-bond acceptors (Lipinski definition) is 3. The Bertz CT molecular complexity index is 784. The summed E-state index contributed by atoms with van der Waals surface area (Å²) in [6.07, 6.45) is 4.56. The van der Waals surface area contributed by atoms with Crippen LogP contribution in [0.3, 0.4) is 0 Å². The quantitative estimate of drug-likeness (QED) is 0.579. The van der Waals surface area contributed by atoms with Gasteiger partial charge in [0, 0.05) is 35.2 Å². The molecule has 1 aromatic carbocycles. The Morgan fingerprint density at radius 3 is 2.50 bits per heavy atom. The summed E-state index contributed by atoms with van der Waals surface area (Å²) < 4.78 is 14.5. The summed E-state index contributed by atoms with van der Waals surface area (Å²) in [6.45, 7) is 2.59. The van der Waals surface area contributed by atoms with E-state index < -0.39 is 17.0 Å². The zero-order valence-corrected chi connectivity index (χ0v) is 19.2. The smallest absolute Gasteiger partial charge is 0.303 e. The molecule has 0 spiro atoms. The average molecular weight is 455 g/mol. The van der Waals surface area contributed by atoms with Crippen molar-refractivity contribution in [2.24, 2.45) is 5.92 Å². The van der Waals surface area contributed by atoms with Crippen LogP contribution in [0.4, 0.5) is 0 Å². The lowest BCUT2D eigenvalue weighted by Crippen LogP contribution is -2.52. The third-order valence-corrected chi connectivity index (χ3v) is 8.20. The molecule has 2 aliphatic rings. The van der Waals surface area contributed by atoms with E-state index in [0.717, 1.165) is 31.2 Å². The summed E-state index contributed by atoms with van der Waals surface area (Å²) in [6, 6.07) is 7.44. The maximum Gasteiger partial charge on any atom is 0.303 e. The molecule has 1 saturated carbocycles. The number of hydrogen-bond donors (Lipinski definition) is 1. The molecule has 0 bridgehead atoms. The zero-order valence-electron chi connectivity index (χ0n) is 17.6. The lowest BCUT2D eigenvalue weighted by Gasteiger charge is -2.45. The van der Waals surface area contributed by atoms with Crippen molar-refractivity contribution in [2.45, 2.75) is 69.2 Å². The predicted molar refractivity (Wildman–Crippen MR) is 119 cm³/mol. The van der Waals surface area contributed by atoms with Crippen LogP contribution in [0.15, 0.2) is 24.3 Å². The lowest BCUT2D eigenvalue weighted by molar-refractivity contribution is -0.146. The molecule has 0 radical (unpaired) electrons. The monoisotopic (exact) mass is 454 g/mol. The van der Waals surface area contributed by atoms with Gasteiger partial charge in [-0.2, -0.15) is 0 Å². The van der Waals surface area contributed by atoms with Crippen molar-refractivity contribution < 1.29 is 18.9 Å². The summed E-state index contributed by atoms with van der Waals surface area (Å²) in [5.74, 6) is -1.14. The van der Waals surface area contributed by atoms with Gasteiger partial charge in [0.05, 0.1) is 17.0 Å². The molecule has 1 amide bonds. The second-order valence-corrected chi connectivity index (χ2v) is 10.6. The van der Waals surface area contributed by atoms with E-state index in [9.17, 15) is 13.8 Å². The third-order valence-electron chi connectivity index (χ3n) is 6.14. The van der Waals surface area contributed by atoms with Gasteiger partial charge in [-0.15, -0.1) is 0 Å². The number of halogens is 1. The lowest BCUT2D eigenvalue weighted by atomic mass is 9.84. The molecule has 1 N–H and O–H groups in total. The van der Waals surface area contributed by atoms with E-state index in [1.165, 1.54) is 0 Å². The Labute approximate surface area is 186 Å². The van der Waals surface area contributed by atoms with E-state index in [4.69, 9.17) is 16.7 Å². The highest BCUT2D eigenvalue weighted by Crippen LogP contribution is 2.39. The fraction of sp³-hybridized carbons (Fsp3) is 0.636. The number of carboxylic acids is 1. The number of amides is 1. The van der Waals surface area contributed by atoms with Crippen molar-refractivity contribution >= 4 is 34.5 Å². The number of benzene rings is 1. The molecule has 1 heterocycles. The largest absolute Gasteiger partial charge is 0.481 e. The zero-order chi connectivity index (χ0) is 21.8. The van der Waals surface area contributed by atoms with Crippen LogP contribution < -0.4 is 0 Å². The number of piperidine rings is 1. The Morgan fingerprint density at radius 2 is 1.93 bits per heavy atom. The first-order chi connectivity index (χ1) is 14.3. The molecule has 4 atom stereocenters. The van der Waals surface area contributed by atoms with Crippen LogP contribution in [0.2, 0.25) is 5.02 Å². The molecular weight excluding hydrogens is 424 g/mol. The highest BCUT2D eigenvalue weighted by molar-refractivity contribution is 7.83. The van der Waals surface area contributed by atoms with E-state index in [2.05, 4.69) is 0 Å². The van der Waals surface area contributed by atoms with Gasteiger partial charge in [0.15, 0.2) is 0 Å². The standard InChI is InChI=1S/C22H31ClN2O4S/c1-3-18(14-24(2)30(29)19-10-11-19)25-20(15-4-8-17(23)9-5-15)12-6-16(22(25)28)7-13-21(26)27/h4-5,8-9,16,18-20H,3,6-7,10-14H2,1-2H3,(H,26,27)/t16?,18-,20-,30?/m0/s1. The van der Waals surface area contributed by atoms with Crippen LogP contribution in [0.5, 0.6) is 0 Å². The number of carboxylic acid groups (broad SMARTS) is 1. The van der Waals surface area contributed by atoms with E-state index in [0.29, 0.717) is 24.4 Å². The van der Waals surface area contributed by atoms with Crippen molar-refractivity contribution in [3.8, 4) is 0 Å². The summed E-state index contributed by atoms with van der Waals surface area (Å²) in [4.78, 5) is 26.5. The molecule has 3 rings (SSSR count). The molecule has 1 aliphatic carbocycles. The van der Waals surface area contributed by atoms with Gasteiger partial charge in [-0.3, -0.25) is 9.59 Å². The first-order valence-corrected chi connectivity index (χ1v) is 12.3. The van der Waals surface area contributed by atoms with Crippen molar-refractivity contribution in [1.82, 2.24) is 9.21 Å². The van der Waals surface area contributed by atoms with Crippen molar-refractivity contribution in [3.05, 3.63) is 34.9 Å². The van der Waals surface area contributed by atoms with Crippen LogP contribution >= 0.6 is 11.6 Å². The summed E-state index contributed by atoms with van der Waals surface area (Å²) in [7, 11) is 0.846. The maximum absolute atomic E-state index is 13.5. The van der Waals surface area contributed by atoms with Gasteiger partial charge in [0.1, 0.15) is 0 Å². The number of rotatable bonds is 10. The molecule has 1 aromatic rings. The molecule has 6 nitrogen and oxygen atoms in total. The van der Waals surface area contributed by atoms with E-state index in [1.54, 1.807) is 0 Å². The molecular formula is C22H31ClN2O4S. The van der Waals surface area contributed by atoms with E-state index in [1.807, 2.05) is 47.4 Å². The molecule has 30 heavy (non-hydrogen) atoms. The number of nitrogens with zero attached hydrogens (tertiary/aromatic N) is 2. The Kier molecular flexibility index (Phi) is 7.93. The maximum atomic E-state index is 13.5. The Hall–Kier alpha value is -1.44. The second kappa shape index (κ2) is 10.2. The van der Waals surface area contributed by atoms with Crippen LogP contribution in [0.1, 0.15) is 63.5 Å². The van der Waals surface area contributed by atoms with Crippen molar-refractivity contribution in [3.63, 3.8) is 0 Å². The minimum atomic E-state index is -1.02. The summed E-state index contributed by atoms with van der Waals surface area (Å²) in [5, 5.41) is 9.97. The fourth-order valence-electron chi connectivity index (χ4n) is 4.31. The number of likely N-dealkylation sites (tertiary alicyclic amines) is 1. The normalized spacial score (nSPS) is 24.1. The molecule has 2 unspecified atom stereocenters. The number of aliphatic carboxylic acids is 1. The van der Waals surface area contributed by atoms with Gasteiger partial charge in [0.25, 0.3) is 0 Å². The summed E-state index contributed by atoms with van der Waals surface area (Å²) in [5.41, 5.74) is 1.04. The minimum Gasteiger partial charge on any atom is -0.481 e. The van der Waals surface area contributed by atoms with Gasteiger partial charge in [-0.25, -0.2) is 8.51 Å². The number of carbonyl (C=O) groups is 2. The van der Waals surface area contributed by atoms with Crippen molar-refractivity contribution in [1.29, 1.82) is 0 Å². The minimum absolute atomic E-state index is 0.00174. The molecule has 1 aliphatic heterocycles. The number of likely N-dealkylation sites (N-methyl/N-ethyl adjacent to an activating group) is 1. The van der Waals surface area contributed by atoms with Crippen LogP contribution in [0.25, 0.3) is 0 Å². The van der Waals surface area contributed by atoms with Crippen LogP contribution in [-0.4, -0.2) is 55.3 Å². The van der Waals surface area contributed by atoms with Gasteiger partial charge in [0.2, 0.25) is 5.91 Å². The average Bonchev–Trinajstić information content (AvgIpc) is 3.56. The highest BCUT2D eigenvalue weighted by Gasteiger charge is 2.40. The molecule has 2 fully saturated rings. The predicted octanol–water partition coefficient (Wildman–Crippen LogP) is 4.02. The number of carbonyl (C=O) groups excluding carboxylic acids is 1. The highest BCUT2D eigenvalue weighted by atomic mass is 35.5. The first-order valence-electron chi connectivity index (χ1n) is 10.7. The van der Waals surface area contributed by atoms with Crippen molar-refractivity contribution in [2.75, 3.05) is 13.6 Å². The van der Waals surface area contributed by atoms with Gasteiger partial charge >= 0.3 is 5.97 Å². The summed E-state index contributed by atoms with van der Waals surface area (Å²) >= 11 is 6.06. The molecule has 166 valence electrons. The van der Waals surface area contributed by atoms with E-state index in [-0.39, 0.29) is 35.6 Å². The molecule has 1 saturated heterocycles. The SMILES string of the molecule is CC[C@@H](CN(C)S(=O)C1CC1)N1C(=O)C(CCC(=O)O)CC[C@H]1c1ccc(Cl)cc1. The fourth-order valence-corrected chi connectivity index (χ4v) is 5.80. The first kappa shape index (κ1) is 23.2. The molecule has 0 aromatic heterocycles. The van der Waals surface area contributed by atoms with E-state index >= 15 is 0 Å². The van der Waals surface area contributed by atoms with Gasteiger partial charge < -0.3 is 10.0 Å². The third kappa shape index (κ3) is 5.62. The Balaban J connectivity index is 1.84. The van der Waals surface area contributed by atoms with Crippen LogP contribution in [0, 0.1) is 5.92 Å². The van der Waals surface area contributed by atoms with Gasteiger partial charge in [-0.05, 0) is 63.3 Å². The van der Waals surface area contributed by atoms with Crippen LogP contribution in [-0.2, 0) is 20.6 Å². The van der Waals surface area contributed by atoms with Gasteiger partial charge in [-0.1, -0.05) is 30.7 Å². The molecule has 8 heteroatoms. The second-order valence-electron chi connectivity index (χ2n) is 8.37.